The van der Waals surface area contributed by atoms with Gasteiger partial charge in [0.05, 0.1) is 6.10 Å². The topological polar surface area (TPSA) is 67.6 Å². The monoisotopic (exact) mass is 187 g/mol. The summed E-state index contributed by atoms with van der Waals surface area (Å²) in [5.41, 5.74) is 2.10. The summed E-state index contributed by atoms with van der Waals surface area (Å²) >= 11 is 0. The summed E-state index contributed by atoms with van der Waals surface area (Å²) in [6.45, 7) is 0.856. The number of amides is 1. The molecule has 0 aromatic carbocycles. The van der Waals surface area contributed by atoms with E-state index >= 15 is 0 Å². The van der Waals surface area contributed by atoms with Crippen LogP contribution >= 0.6 is 0 Å². The van der Waals surface area contributed by atoms with Crippen LogP contribution in [0.15, 0.2) is 0 Å². The lowest BCUT2D eigenvalue weighted by Gasteiger charge is -2.16. The van der Waals surface area contributed by atoms with Crippen LogP contribution < -0.4 is 11.3 Å². The SMILES string of the molecule is CN(C)CC1CCC(C(=O)NN)O1. The lowest BCUT2D eigenvalue weighted by Crippen LogP contribution is -2.39. The van der Waals surface area contributed by atoms with Crippen LogP contribution in [-0.2, 0) is 9.53 Å². The maximum Gasteiger partial charge on any atom is 0.263 e. The van der Waals surface area contributed by atoms with Crippen LogP contribution in [0, 0.1) is 0 Å². The van der Waals surface area contributed by atoms with Crippen LogP contribution in [0.25, 0.3) is 0 Å². The molecule has 0 aromatic rings. The number of hydrogen-bond acceptors (Lipinski definition) is 4. The molecule has 1 saturated heterocycles. The predicted molar refractivity (Wildman–Crippen MR) is 48.8 cm³/mol. The Morgan fingerprint density at radius 1 is 1.62 bits per heavy atom. The number of nitrogens with one attached hydrogen (secondary N) is 1. The first-order valence-corrected chi connectivity index (χ1v) is 4.44. The minimum absolute atomic E-state index is 0.164. The molecule has 0 aromatic heterocycles. The normalized spacial score (nSPS) is 28.0. The molecule has 1 rings (SSSR count). The van der Waals surface area contributed by atoms with E-state index in [0.29, 0.717) is 0 Å². The number of rotatable bonds is 3. The van der Waals surface area contributed by atoms with Gasteiger partial charge in [-0.15, -0.1) is 0 Å². The molecule has 1 fully saturated rings. The molecule has 1 heterocycles. The summed E-state index contributed by atoms with van der Waals surface area (Å²) in [4.78, 5) is 13.1. The van der Waals surface area contributed by atoms with Gasteiger partial charge in [0.1, 0.15) is 6.10 Å². The first-order chi connectivity index (χ1) is 6.13. The fraction of sp³-hybridized carbons (Fsp3) is 0.875. The average Bonchev–Trinajstić information content (AvgIpc) is 2.50. The number of carbonyl (C=O) groups excluding carboxylic acids is 1. The molecule has 0 saturated carbocycles. The van der Waals surface area contributed by atoms with Crippen LogP contribution in [0.5, 0.6) is 0 Å². The molecule has 3 N–H and O–H groups in total. The predicted octanol–water partition coefficient (Wildman–Crippen LogP) is -0.914. The van der Waals surface area contributed by atoms with Crippen LogP contribution in [0.4, 0.5) is 0 Å². The molecular weight excluding hydrogens is 170 g/mol. The second-order valence-electron chi connectivity index (χ2n) is 3.59. The Morgan fingerprint density at radius 3 is 2.85 bits per heavy atom. The standard InChI is InChI=1S/C8H17N3O2/c1-11(2)5-6-3-4-7(13-6)8(12)10-9/h6-7H,3-5,9H2,1-2H3,(H,10,12). The molecule has 1 amide bonds. The van der Waals surface area contributed by atoms with Crippen molar-refractivity contribution in [2.45, 2.75) is 25.0 Å². The van der Waals surface area contributed by atoms with Crippen LogP contribution in [-0.4, -0.2) is 43.7 Å². The molecule has 5 nitrogen and oxygen atoms in total. The zero-order chi connectivity index (χ0) is 9.84. The third-order valence-corrected chi connectivity index (χ3v) is 2.11. The number of likely N-dealkylation sites (N-methyl/N-ethyl adjacent to an activating group) is 1. The summed E-state index contributed by atoms with van der Waals surface area (Å²) in [5.74, 6) is 4.79. The van der Waals surface area contributed by atoms with Gasteiger partial charge in [0, 0.05) is 6.54 Å². The van der Waals surface area contributed by atoms with E-state index in [1.54, 1.807) is 0 Å². The highest BCUT2D eigenvalue weighted by Gasteiger charge is 2.30. The quantitative estimate of drug-likeness (QED) is 0.341. The molecule has 5 heteroatoms. The van der Waals surface area contributed by atoms with E-state index in [1.807, 2.05) is 19.0 Å². The average molecular weight is 187 g/mol. The van der Waals surface area contributed by atoms with Gasteiger partial charge in [-0.2, -0.15) is 0 Å². The summed E-state index contributed by atoms with van der Waals surface area (Å²) in [6, 6.07) is 0. The Labute approximate surface area is 78.2 Å². The Hall–Kier alpha value is -0.650. The van der Waals surface area contributed by atoms with Crippen molar-refractivity contribution < 1.29 is 9.53 Å². The van der Waals surface area contributed by atoms with E-state index in [1.165, 1.54) is 0 Å². The molecule has 0 spiro atoms. The van der Waals surface area contributed by atoms with E-state index in [9.17, 15) is 4.79 Å². The van der Waals surface area contributed by atoms with E-state index < -0.39 is 0 Å². The van der Waals surface area contributed by atoms with Crippen molar-refractivity contribution >= 4 is 5.91 Å². The fourth-order valence-electron chi connectivity index (χ4n) is 1.53. The van der Waals surface area contributed by atoms with E-state index in [4.69, 9.17) is 10.6 Å². The smallest absolute Gasteiger partial charge is 0.263 e. The Balaban J connectivity index is 2.32. The number of hydrazine groups is 1. The second-order valence-corrected chi connectivity index (χ2v) is 3.59. The van der Waals surface area contributed by atoms with Crippen molar-refractivity contribution in [2.75, 3.05) is 20.6 Å². The van der Waals surface area contributed by atoms with Gasteiger partial charge >= 0.3 is 0 Å². The second kappa shape index (κ2) is 4.55. The third-order valence-electron chi connectivity index (χ3n) is 2.11. The molecule has 76 valence electrons. The minimum Gasteiger partial charge on any atom is -0.364 e. The van der Waals surface area contributed by atoms with E-state index in [2.05, 4.69) is 5.43 Å². The number of carbonyl (C=O) groups is 1. The highest BCUT2D eigenvalue weighted by molar-refractivity contribution is 5.80. The van der Waals surface area contributed by atoms with Gasteiger partial charge in [-0.05, 0) is 26.9 Å². The van der Waals surface area contributed by atoms with Gasteiger partial charge in [-0.1, -0.05) is 0 Å². The summed E-state index contributed by atoms with van der Waals surface area (Å²) in [5, 5.41) is 0. The number of nitrogens with two attached hydrogens (primary N) is 1. The van der Waals surface area contributed by atoms with Crippen LogP contribution in [0.3, 0.4) is 0 Å². The van der Waals surface area contributed by atoms with Crippen LogP contribution in [0.2, 0.25) is 0 Å². The molecule has 1 aliphatic heterocycles. The molecule has 0 radical (unpaired) electrons. The Bertz CT molecular complexity index is 184. The van der Waals surface area contributed by atoms with Crippen LogP contribution in [0.1, 0.15) is 12.8 Å². The van der Waals surface area contributed by atoms with Gasteiger partial charge < -0.3 is 9.64 Å². The highest BCUT2D eigenvalue weighted by atomic mass is 16.5. The van der Waals surface area contributed by atoms with Crippen molar-refractivity contribution in [1.29, 1.82) is 0 Å². The zero-order valence-corrected chi connectivity index (χ0v) is 8.12. The molecule has 2 unspecified atom stereocenters. The summed E-state index contributed by atoms with van der Waals surface area (Å²) in [7, 11) is 3.97. The third kappa shape index (κ3) is 2.95. The highest BCUT2D eigenvalue weighted by Crippen LogP contribution is 2.19. The first-order valence-electron chi connectivity index (χ1n) is 4.44. The lowest BCUT2D eigenvalue weighted by atomic mass is 10.2. The molecule has 13 heavy (non-hydrogen) atoms. The number of ether oxygens (including phenoxy) is 1. The van der Waals surface area contributed by atoms with Gasteiger partial charge in [0.25, 0.3) is 5.91 Å². The molecule has 1 aliphatic rings. The Kier molecular flexibility index (Phi) is 3.65. The largest absolute Gasteiger partial charge is 0.364 e. The van der Waals surface area contributed by atoms with Gasteiger partial charge in [-0.3, -0.25) is 10.2 Å². The Morgan fingerprint density at radius 2 is 2.31 bits per heavy atom. The fourth-order valence-corrected chi connectivity index (χ4v) is 1.53. The van der Waals surface area contributed by atoms with Crippen molar-refractivity contribution in [3.63, 3.8) is 0 Å². The number of hydrogen-bond donors (Lipinski definition) is 2. The van der Waals surface area contributed by atoms with Crippen molar-refractivity contribution in [2.24, 2.45) is 5.84 Å². The number of nitrogens with zero attached hydrogens (tertiary/aromatic N) is 1. The lowest BCUT2D eigenvalue weighted by molar-refractivity contribution is -0.132. The van der Waals surface area contributed by atoms with E-state index in [0.717, 1.165) is 19.4 Å². The van der Waals surface area contributed by atoms with E-state index in [-0.39, 0.29) is 18.1 Å². The summed E-state index contributed by atoms with van der Waals surface area (Å²) in [6.07, 6.45) is 1.50. The van der Waals surface area contributed by atoms with Crippen molar-refractivity contribution in [3.8, 4) is 0 Å². The van der Waals surface area contributed by atoms with Gasteiger partial charge in [0.15, 0.2) is 0 Å². The molecular formula is C8H17N3O2. The maximum absolute atomic E-state index is 11.1. The summed E-state index contributed by atoms with van der Waals surface area (Å²) < 4.78 is 5.49. The maximum atomic E-state index is 11.1. The first kappa shape index (κ1) is 10.4. The molecule has 0 bridgehead atoms. The van der Waals surface area contributed by atoms with Gasteiger partial charge in [0.2, 0.25) is 0 Å². The molecule has 0 aliphatic carbocycles. The zero-order valence-electron chi connectivity index (χ0n) is 8.12. The van der Waals surface area contributed by atoms with Gasteiger partial charge in [-0.25, -0.2) is 5.84 Å². The van der Waals surface area contributed by atoms with Crippen molar-refractivity contribution in [1.82, 2.24) is 10.3 Å². The molecule has 2 atom stereocenters. The van der Waals surface area contributed by atoms with Crippen molar-refractivity contribution in [3.05, 3.63) is 0 Å². The minimum atomic E-state index is -0.352.